The quantitative estimate of drug-likeness (QED) is 0.880. The van der Waals surface area contributed by atoms with Gasteiger partial charge in [0.15, 0.2) is 6.61 Å². The second-order valence-corrected chi connectivity index (χ2v) is 5.30. The number of carbonyl (C=O) groups is 1. The molecule has 0 saturated carbocycles. The van der Waals surface area contributed by atoms with E-state index in [0.29, 0.717) is 11.7 Å². The maximum absolute atomic E-state index is 12.1. The Morgan fingerprint density at radius 2 is 1.57 bits per heavy atom. The monoisotopic (exact) mass is 283 g/mol. The predicted octanol–water partition coefficient (Wildman–Crippen LogP) is 3.58. The zero-order valence-electron chi connectivity index (χ0n) is 12.5. The van der Waals surface area contributed by atoms with Gasteiger partial charge < -0.3 is 10.1 Å². The summed E-state index contributed by atoms with van der Waals surface area (Å²) in [6.07, 6.45) is 0. The lowest BCUT2D eigenvalue weighted by Crippen LogP contribution is -2.35. The standard InChI is InChI=1S/C18H21NO2/c1-14(2)18(15-9-5-3-6-10-15)19-17(20)13-21-16-11-7-4-8-12-16/h3-12,14,18H,13H2,1-2H3,(H,19,20). The molecule has 0 saturated heterocycles. The first-order valence-electron chi connectivity index (χ1n) is 7.19. The predicted molar refractivity (Wildman–Crippen MR) is 84.1 cm³/mol. The SMILES string of the molecule is CC(C)C(NC(=O)COc1ccccc1)c1ccccc1. The van der Waals surface area contributed by atoms with Gasteiger partial charge in [0.2, 0.25) is 0 Å². The first kappa shape index (κ1) is 15.1. The summed E-state index contributed by atoms with van der Waals surface area (Å²) < 4.78 is 5.47. The Morgan fingerprint density at radius 1 is 1.00 bits per heavy atom. The van der Waals surface area contributed by atoms with Crippen molar-refractivity contribution in [2.45, 2.75) is 19.9 Å². The third kappa shape index (κ3) is 4.63. The molecule has 0 aliphatic carbocycles. The average molecular weight is 283 g/mol. The van der Waals surface area contributed by atoms with Gasteiger partial charge in [-0.1, -0.05) is 62.4 Å². The molecule has 1 atom stereocenters. The fraction of sp³-hybridized carbons (Fsp3) is 0.278. The lowest BCUT2D eigenvalue weighted by Gasteiger charge is -2.23. The van der Waals surface area contributed by atoms with E-state index >= 15 is 0 Å². The minimum atomic E-state index is -0.110. The molecule has 0 aromatic heterocycles. The van der Waals surface area contributed by atoms with Gasteiger partial charge in [-0.05, 0) is 23.6 Å². The van der Waals surface area contributed by atoms with Gasteiger partial charge in [-0.25, -0.2) is 0 Å². The van der Waals surface area contributed by atoms with Crippen molar-refractivity contribution in [1.82, 2.24) is 5.32 Å². The zero-order valence-corrected chi connectivity index (χ0v) is 12.5. The van der Waals surface area contributed by atoms with Crippen molar-refractivity contribution in [2.24, 2.45) is 5.92 Å². The molecule has 2 aromatic rings. The summed E-state index contributed by atoms with van der Waals surface area (Å²) in [5.41, 5.74) is 1.11. The third-order valence-electron chi connectivity index (χ3n) is 3.25. The molecule has 0 fully saturated rings. The second kappa shape index (κ2) is 7.48. The van der Waals surface area contributed by atoms with Crippen LogP contribution in [0.15, 0.2) is 60.7 Å². The highest BCUT2D eigenvalue weighted by Crippen LogP contribution is 2.21. The van der Waals surface area contributed by atoms with Crippen LogP contribution in [0, 0.1) is 5.92 Å². The van der Waals surface area contributed by atoms with Gasteiger partial charge in [0.1, 0.15) is 5.75 Å². The van der Waals surface area contributed by atoms with Crippen molar-refractivity contribution >= 4 is 5.91 Å². The van der Waals surface area contributed by atoms with Crippen molar-refractivity contribution in [3.8, 4) is 5.75 Å². The second-order valence-electron chi connectivity index (χ2n) is 5.30. The number of hydrogen-bond donors (Lipinski definition) is 1. The van der Waals surface area contributed by atoms with E-state index in [-0.39, 0.29) is 18.6 Å². The van der Waals surface area contributed by atoms with Gasteiger partial charge in [0.25, 0.3) is 5.91 Å². The first-order valence-corrected chi connectivity index (χ1v) is 7.19. The molecule has 110 valence electrons. The molecule has 3 heteroatoms. The number of para-hydroxylation sites is 1. The van der Waals surface area contributed by atoms with E-state index in [1.165, 1.54) is 0 Å². The molecule has 2 rings (SSSR count). The Kier molecular flexibility index (Phi) is 5.38. The Bertz CT molecular complexity index is 552. The van der Waals surface area contributed by atoms with Crippen molar-refractivity contribution in [1.29, 1.82) is 0 Å². The summed E-state index contributed by atoms with van der Waals surface area (Å²) in [5.74, 6) is 0.905. The molecule has 2 aromatic carbocycles. The number of nitrogens with one attached hydrogen (secondary N) is 1. The Labute approximate surface area is 126 Å². The van der Waals surface area contributed by atoms with Gasteiger partial charge >= 0.3 is 0 Å². The van der Waals surface area contributed by atoms with Gasteiger partial charge in [0.05, 0.1) is 6.04 Å². The number of hydrogen-bond acceptors (Lipinski definition) is 2. The Morgan fingerprint density at radius 3 is 2.14 bits per heavy atom. The van der Waals surface area contributed by atoms with Gasteiger partial charge in [-0.3, -0.25) is 4.79 Å². The number of ether oxygens (including phenoxy) is 1. The lowest BCUT2D eigenvalue weighted by molar-refractivity contribution is -0.124. The molecular formula is C18H21NO2. The van der Waals surface area contributed by atoms with Crippen LogP contribution in [0.25, 0.3) is 0 Å². The average Bonchev–Trinajstić information content (AvgIpc) is 2.52. The molecule has 0 aliphatic rings. The van der Waals surface area contributed by atoms with E-state index in [2.05, 4.69) is 19.2 Å². The van der Waals surface area contributed by atoms with Crippen LogP contribution in [0.2, 0.25) is 0 Å². The number of benzene rings is 2. The van der Waals surface area contributed by atoms with E-state index in [1.54, 1.807) is 0 Å². The van der Waals surface area contributed by atoms with Crippen molar-refractivity contribution in [3.05, 3.63) is 66.2 Å². The summed E-state index contributed by atoms with van der Waals surface area (Å²) >= 11 is 0. The molecule has 0 spiro atoms. The van der Waals surface area contributed by atoms with Crippen molar-refractivity contribution in [2.75, 3.05) is 6.61 Å². The normalized spacial score (nSPS) is 12.0. The minimum absolute atomic E-state index is 0.00178. The van der Waals surface area contributed by atoms with E-state index in [1.807, 2.05) is 60.7 Å². The van der Waals surface area contributed by atoms with Crippen LogP contribution >= 0.6 is 0 Å². The fourth-order valence-electron chi connectivity index (χ4n) is 2.18. The first-order chi connectivity index (χ1) is 10.2. The maximum atomic E-state index is 12.1. The Balaban J connectivity index is 1.93. The largest absolute Gasteiger partial charge is 0.484 e. The highest BCUT2D eigenvalue weighted by atomic mass is 16.5. The summed E-state index contributed by atoms with van der Waals surface area (Å²) in [7, 11) is 0. The topological polar surface area (TPSA) is 38.3 Å². The maximum Gasteiger partial charge on any atom is 0.258 e. The van der Waals surface area contributed by atoms with E-state index in [4.69, 9.17) is 4.74 Å². The van der Waals surface area contributed by atoms with Gasteiger partial charge in [0, 0.05) is 0 Å². The zero-order chi connectivity index (χ0) is 15.1. The highest BCUT2D eigenvalue weighted by Gasteiger charge is 2.18. The molecule has 0 heterocycles. The fourth-order valence-corrected chi connectivity index (χ4v) is 2.18. The van der Waals surface area contributed by atoms with Crippen LogP contribution in [0.5, 0.6) is 5.75 Å². The highest BCUT2D eigenvalue weighted by molar-refractivity contribution is 5.78. The van der Waals surface area contributed by atoms with Crippen molar-refractivity contribution < 1.29 is 9.53 Å². The summed E-state index contributed by atoms with van der Waals surface area (Å²) in [4.78, 5) is 12.1. The number of amides is 1. The van der Waals surface area contributed by atoms with Gasteiger partial charge in [-0.2, -0.15) is 0 Å². The number of rotatable bonds is 6. The van der Waals surface area contributed by atoms with E-state index in [0.717, 1.165) is 5.56 Å². The van der Waals surface area contributed by atoms with Gasteiger partial charge in [-0.15, -0.1) is 0 Å². The van der Waals surface area contributed by atoms with Crippen LogP contribution in [-0.4, -0.2) is 12.5 Å². The van der Waals surface area contributed by atoms with Crippen LogP contribution in [-0.2, 0) is 4.79 Å². The van der Waals surface area contributed by atoms with Crippen molar-refractivity contribution in [3.63, 3.8) is 0 Å². The molecule has 0 bridgehead atoms. The molecule has 1 N–H and O–H groups in total. The molecule has 1 unspecified atom stereocenters. The summed E-state index contributed by atoms with van der Waals surface area (Å²) in [5, 5.41) is 3.04. The van der Waals surface area contributed by atoms with Crippen LogP contribution in [0.4, 0.5) is 0 Å². The van der Waals surface area contributed by atoms with E-state index in [9.17, 15) is 4.79 Å². The summed E-state index contributed by atoms with van der Waals surface area (Å²) in [6, 6.07) is 19.4. The van der Waals surface area contributed by atoms with Crippen LogP contribution < -0.4 is 10.1 Å². The molecule has 21 heavy (non-hydrogen) atoms. The minimum Gasteiger partial charge on any atom is -0.484 e. The summed E-state index contributed by atoms with van der Waals surface area (Å²) in [6.45, 7) is 4.21. The van der Waals surface area contributed by atoms with Crippen LogP contribution in [0.3, 0.4) is 0 Å². The third-order valence-corrected chi connectivity index (χ3v) is 3.25. The molecular weight excluding hydrogens is 262 g/mol. The Hall–Kier alpha value is -2.29. The smallest absolute Gasteiger partial charge is 0.258 e. The molecule has 0 radical (unpaired) electrons. The molecule has 3 nitrogen and oxygen atoms in total. The van der Waals surface area contributed by atoms with E-state index < -0.39 is 0 Å². The number of carbonyl (C=O) groups excluding carboxylic acids is 1. The molecule has 0 aliphatic heterocycles. The lowest BCUT2D eigenvalue weighted by atomic mass is 9.96. The van der Waals surface area contributed by atoms with Crippen LogP contribution in [0.1, 0.15) is 25.5 Å². The molecule has 1 amide bonds.